The molecule has 0 aromatic rings. The highest BCUT2D eigenvalue weighted by atomic mass is 16.6. The molecule has 1 N–H and O–H groups in total. The van der Waals surface area contributed by atoms with Crippen LogP contribution in [0.3, 0.4) is 0 Å². The molecule has 0 aliphatic heterocycles. The van der Waals surface area contributed by atoms with Crippen LogP contribution < -0.4 is 0 Å². The number of carbonyl (C=O) groups is 2. The summed E-state index contributed by atoms with van der Waals surface area (Å²) in [4.78, 5) is 21.2. The average Bonchev–Trinajstić information content (AvgIpc) is 2.10. The van der Waals surface area contributed by atoms with Gasteiger partial charge in [0, 0.05) is 26.4 Å². The lowest BCUT2D eigenvalue weighted by Gasteiger charge is -2.21. The molecule has 0 amide bonds. The molecule has 14 heavy (non-hydrogen) atoms. The number of esters is 2. The molecule has 0 radical (unpaired) electrons. The van der Waals surface area contributed by atoms with Crippen molar-refractivity contribution in [3.8, 4) is 0 Å². The van der Waals surface area contributed by atoms with E-state index in [0.29, 0.717) is 0 Å². The standard InChI is InChI=1S/C9H16O5/c1-6(4-10)9(14-8(3)12)5-13-7(2)11/h6,9-10H,4-5H2,1-3H3. The van der Waals surface area contributed by atoms with Gasteiger partial charge in [0.05, 0.1) is 0 Å². The third-order valence-electron chi connectivity index (χ3n) is 1.69. The molecule has 0 spiro atoms. The van der Waals surface area contributed by atoms with Crippen molar-refractivity contribution in [2.75, 3.05) is 13.2 Å². The van der Waals surface area contributed by atoms with E-state index in [1.165, 1.54) is 13.8 Å². The summed E-state index contributed by atoms with van der Waals surface area (Å²) in [5.41, 5.74) is 0. The molecule has 0 fully saturated rings. The van der Waals surface area contributed by atoms with Gasteiger partial charge in [-0.2, -0.15) is 0 Å². The summed E-state index contributed by atoms with van der Waals surface area (Å²) in [5.74, 6) is -1.15. The fraction of sp³-hybridized carbons (Fsp3) is 0.778. The lowest BCUT2D eigenvalue weighted by atomic mass is 10.1. The van der Waals surface area contributed by atoms with E-state index in [0.717, 1.165) is 0 Å². The number of ether oxygens (including phenoxy) is 2. The monoisotopic (exact) mass is 204 g/mol. The molecule has 0 aromatic heterocycles. The van der Waals surface area contributed by atoms with Crippen LogP contribution in [0.1, 0.15) is 20.8 Å². The maximum atomic E-state index is 10.7. The maximum Gasteiger partial charge on any atom is 0.303 e. The first-order valence-corrected chi connectivity index (χ1v) is 4.38. The summed E-state index contributed by atoms with van der Waals surface area (Å²) in [6.45, 7) is 4.10. The molecule has 0 heterocycles. The van der Waals surface area contributed by atoms with Crippen molar-refractivity contribution in [2.24, 2.45) is 5.92 Å². The van der Waals surface area contributed by atoms with Crippen molar-refractivity contribution in [1.29, 1.82) is 0 Å². The second kappa shape index (κ2) is 6.37. The zero-order chi connectivity index (χ0) is 11.1. The highest BCUT2D eigenvalue weighted by molar-refractivity contribution is 5.67. The third kappa shape index (κ3) is 5.53. The van der Waals surface area contributed by atoms with Gasteiger partial charge in [-0.1, -0.05) is 6.92 Å². The van der Waals surface area contributed by atoms with Gasteiger partial charge in [-0.25, -0.2) is 0 Å². The van der Waals surface area contributed by atoms with Crippen LogP contribution in [0.25, 0.3) is 0 Å². The minimum atomic E-state index is -0.582. The summed E-state index contributed by atoms with van der Waals surface area (Å²) < 4.78 is 9.58. The van der Waals surface area contributed by atoms with E-state index >= 15 is 0 Å². The van der Waals surface area contributed by atoms with Crippen molar-refractivity contribution >= 4 is 11.9 Å². The van der Waals surface area contributed by atoms with Crippen LogP contribution in [0.15, 0.2) is 0 Å². The maximum absolute atomic E-state index is 10.7. The Labute approximate surface area is 83.0 Å². The quantitative estimate of drug-likeness (QED) is 0.643. The van der Waals surface area contributed by atoms with Gasteiger partial charge in [-0.05, 0) is 0 Å². The molecular weight excluding hydrogens is 188 g/mol. The molecule has 0 saturated carbocycles. The smallest absolute Gasteiger partial charge is 0.303 e. The van der Waals surface area contributed by atoms with Gasteiger partial charge >= 0.3 is 11.9 Å². The van der Waals surface area contributed by atoms with Crippen LogP contribution in [0.2, 0.25) is 0 Å². The van der Waals surface area contributed by atoms with Crippen LogP contribution in [0.5, 0.6) is 0 Å². The van der Waals surface area contributed by atoms with E-state index in [1.54, 1.807) is 6.92 Å². The van der Waals surface area contributed by atoms with Gasteiger partial charge in [0.1, 0.15) is 12.7 Å². The van der Waals surface area contributed by atoms with E-state index in [1.807, 2.05) is 0 Å². The number of aliphatic hydroxyl groups is 1. The van der Waals surface area contributed by atoms with E-state index in [4.69, 9.17) is 14.6 Å². The number of aliphatic hydroxyl groups excluding tert-OH is 1. The second-order valence-corrected chi connectivity index (χ2v) is 3.11. The molecule has 82 valence electrons. The lowest BCUT2D eigenvalue weighted by Crippen LogP contribution is -2.31. The van der Waals surface area contributed by atoms with Crippen molar-refractivity contribution in [3.05, 3.63) is 0 Å². The fourth-order valence-corrected chi connectivity index (χ4v) is 0.845. The molecule has 0 aromatic carbocycles. The topological polar surface area (TPSA) is 72.8 Å². The Bertz CT molecular complexity index is 201. The predicted octanol–water partition coefficient (Wildman–Crippen LogP) is 0.110. The first-order valence-electron chi connectivity index (χ1n) is 4.38. The van der Waals surface area contributed by atoms with Crippen LogP contribution in [-0.4, -0.2) is 36.4 Å². The highest BCUT2D eigenvalue weighted by Crippen LogP contribution is 2.08. The summed E-state index contributed by atoms with van der Waals surface area (Å²) in [6, 6.07) is 0. The highest BCUT2D eigenvalue weighted by Gasteiger charge is 2.20. The van der Waals surface area contributed by atoms with Crippen LogP contribution in [0, 0.1) is 5.92 Å². The molecule has 2 unspecified atom stereocenters. The van der Waals surface area contributed by atoms with E-state index in [2.05, 4.69) is 0 Å². The van der Waals surface area contributed by atoms with Crippen molar-refractivity contribution in [2.45, 2.75) is 26.9 Å². The Morgan fingerprint density at radius 2 is 1.86 bits per heavy atom. The van der Waals surface area contributed by atoms with Gasteiger partial charge in [0.25, 0.3) is 0 Å². The first-order chi connectivity index (χ1) is 6.47. The van der Waals surface area contributed by atoms with Gasteiger partial charge in [-0.3, -0.25) is 9.59 Å². The SMILES string of the molecule is CC(=O)OCC(OC(C)=O)C(C)CO. The first kappa shape index (κ1) is 12.9. The molecule has 5 nitrogen and oxygen atoms in total. The normalized spacial score (nSPS) is 14.3. The number of hydrogen-bond acceptors (Lipinski definition) is 5. The molecule has 0 bridgehead atoms. The lowest BCUT2D eigenvalue weighted by molar-refractivity contribution is -0.160. The predicted molar refractivity (Wildman–Crippen MR) is 48.4 cm³/mol. The average molecular weight is 204 g/mol. The van der Waals surface area contributed by atoms with Crippen LogP contribution in [-0.2, 0) is 19.1 Å². The van der Waals surface area contributed by atoms with Crippen molar-refractivity contribution < 1.29 is 24.2 Å². The summed E-state index contributed by atoms with van der Waals surface area (Å²) in [5, 5.41) is 8.85. The minimum Gasteiger partial charge on any atom is -0.462 e. The molecule has 0 aliphatic rings. The molecule has 2 atom stereocenters. The molecule has 5 heteroatoms. The second-order valence-electron chi connectivity index (χ2n) is 3.11. The number of rotatable bonds is 5. The van der Waals surface area contributed by atoms with Crippen LogP contribution >= 0.6 is 0 Å². The fourth-order valence-electron chi connectivity index (χ4n) is 0.845. The van der Waals surface area contributed by atoms with E-state index in [9.17, 15) is 9.59 Å². The van der Waals surface area contributed by atoms with E-state index in [-0.39, 0.29) is 19.1 Å². The summed E-state index contributed by atoms with van der Waals surface area (Å²) in [7, 11) is 0. The van der Waals surface area contributed by atoms with Gasteiger partial charge in [0.2, 0.25) is 0 Å². The Kier molecular flexibility index (Phi) is 5.87. The van der Waals surface area contributed by atoms with Crippen molar-refractivity contribution in [1.82, 2.24) is 0 Å². The zero-order valence-electron chi connectivity index (χ0n) is 8.65. The number of carbonyl (C=O) groups excluding carboxylic acids is 2. The van der Waals surface area contributed by atoms with Gasteiger partial charge in [-0.15, -0.1) is 0 Å². The molecule has 0 rings (SSSR count). The molecule has 0 saturated heterocycles. The Balaban J connectivity index is 4.09. The minimum absolute atomic E-state index is 0.0172. The number of hydrogen-bond donors (Lipinski definition) is 1. The Morgan fingerprint density at radius 3 is 2.21 bits per heavy atom. The Hall–Kier alpha value is -1.10. The largest absolute Gasteiger partial charge is 0.462 e. The van der Waals surface area contributed by atoms with Crippen LogP contribution in [0.4, 0.5) is 0 Å². The van der Waals surface area contributed by atoms with Gasteiger partial charge in [0.15, 0.2) is 0 Å². The Morgan fingerprint density at radius 1 is 1.29 bits per heavy atom. The summed E-state index contributed by atoms with van der Waals surface area (Å²) in [6.07, 6.45) is -0.582. The van der Waals surface area contributed by atoms with E-state index < -0.39 is 18.0 Å². The van der Waals surface area contributed by atoms with Gasteiger partial charge < -0.3 is 14.6 Å². The van der Waals surface area contributed by atoms with Crippen molar-refractivity contribution in [3.63, 3.8) is 0 Å². The zero-order valence-corrected chi connectivity index (χ0v) is 8.65. The molecule has 0 aliphatic carbocycles. The summed E-state index contributed by atoms with van der Waals surface area (Å²) >= 11 is 0. The molecular formula is C9H16O5. The third-order valence-corrected chi connectivity index (χ3v) is 1.69.